The molecule has 0 aromatic carbocycles. The summed E-state index contributed by atoms with van der Waals surface area (Å²) in [7, 11) is 0. The predicted octanol–water partition coefficient (Wildman–Crippen LogP) is -0.569. The van der Waals surface area contributed by atoms with Crippen molar-refractivity contribution in [3.8, 4) is 0 Å². The van der Waals surface area contributed by atoms with Crippen LogP contribution in [0, 0.1) is 17.8 Å². The first-order chi connectivity index (χ1) is 8.00. The highest BCUT2D eigenvalue weighted by Gasteiger charge is 2.50. The van der Waals surface area contributed by atoms with Crippen molar-refractivity contribution < 1.29 is 19.5 Å². The number of piperidine rings is 1. The van der Waals surface area contributed by atoms with Crippen LogP contribution in [0.2, 0.25) is 0 Å². The van der Waals surface area contributed by atoms with Crippen LogP contribution < -0.4 is 5.73 Å². The van der Waals surface area contributed by atoms with Crippen LogP contribution in [0.5, 0.6) is 0 Å². The molecular formula is C11H16N2O4. The van der Waals surface area contributed by atoms with Gasteiger partial charge in [-0.25, -0.2) is 0 Å². The minimum Gasteiger partial charge on any atom is -0.481 e. The van der Waals surface area contributed by atoms with Crippen molar-refractivity contribution in [3.05, 3.63) is 0 Å². The first kappa shape index (κ1) is 11.9. The molecule has 17 heavy (non-hydrogen) atoms. The van der Waals surface area contributed by atoms with E-state index >= 15 is 0 Å². The molecule has 2 rings (SSSR count). The van der Waals surface area contributed by atoms with E-state index in [9.17, 15) is 14.4 Å². The van der Waals surface area contributed by atoms with Crippen molar-refractivity contribution in [2.24, 2.45) is 23.5 Å². The molecule has 1 aliphatic heterocycles. The number of rotatable bonds is 3. The van der Waals surface area contributed by atoms with Crippen LogP contribution in [0.25, 0.3) is 0 Å². The highest BCUT2D eigenvalue weighted by Crippen LogP contribution is 2.40. The molecule has 0 aromatic heterocycles. The lowest BCUT2D eigenvalue weighted by Gasteiger charge is -2.31. The van der Waals surface area contributed by atoms with E-state index in [1.165, 1.54) is 0 Å². The Balaban J connectivity index is 1.92. The Morgan fingerprint density at radius 3 is 2.47 bits per heavy atom. The van der Waals surface area contributed by atoms with Crippen LogP contribution in [0.1, 0.15) is 19.3 Å². The Kier molecular flexibility index (Phi) is 3.04. The van der Waals surface area contributed by atoms with Gasteiger partial charge in [-0.1, -0.05) is 0 Å². The number of amides is 2. The predicted molar refractivity (Wildman–Crippen MR) is 57.7 cm³/mol. The molecule has 0 aromatic rings. The lowest BCUT2D eigenvalue weighted by atomic mass is 9.97. The zero-order valence-electron chi connectivity index (χ0n) is 9.46. The first-order valence-corrected chi connectivity index (χ1v) is 5.81. The minimum atomic E-state index is -0.910. The monoisotopic (exact) mass is 240 g/mol. The Morgan fingerprint density at radius 1 is 1.24 bits per heavy atom. The summed E-state index contributed by atoms with van der Waals surface area (Å²) in [5.41, 5.74) is 5.23. The largest absolute Gasteiger partial charge is 0.481 e. The number of hydrogen-bond donors (Lipinski definition) is 2. The zero-order valence-corrected chi connectivity index (χ0v) is 9.46. The van der Waals surface area contributed by atoms with Crippen LogP contribution in [-0.4, -0.2) is 40.9 Å². The van der Waals surface area contributed by atoms with Crippen molar-refractivity contribution in [1.29, 1.82) is 0 Å². The Morgan fingerprint density at radius 2 is 1.94 bits per heavy atom. The van der Waals surface area contributed by atoms with Gasteiger partial charge in [-0.15, -0.1) is 0 Å². The van der Waals surface area contributed by atoms with Crippen LogP contribution in [0.15, 0.2) is 0 Å². The average Bonchev–Trinajstić information content (AvgIpc) is 3.08. The molecule has 1 heterocycles. The van der Waals surface area contributed by atoms with E-state index in [-0.39, 0.29) is 23.7 Å². The van der Waals surface area contributed by atoms with E-state index in [4.69, 9.17) is 10.8 Å². The van der Waals surface area contributed by atoms with E-state index < -0.39 is 11.9 Å². The maximum atomic E-state index is 12.0. The van der Waals surface area contributed by atoms with Gasteiger partial charge in [-0.2, -0.15) is 0 Å². The fourth-order valence-electron chi connectivity index (χ4n) is 2.38. The van der Waals surface area contributed by atoms with E-state index in [1.54, 1.807) is 4.90 Å². The maximum Gasteiger partial charge on any atom is 0.307 e. The third kappa shape index (κ3) is 2.40. The molecule has 1 aliphatic carbocycles. The van der Waals surface area contributed by atoms with Crippen molar-refractivity contribution in [2.45, 2.75) is 19.3 Å². The van der Waals surface area contributed by atoms with Gasteiger partial charge in [-0.3, -0.25) is 14.4 Å². The number of carboxylic acids is 1. The second kappa shape index (κ2) is 4.35. The van der Waals surface area contributed by atoms with Gasteiger partial charge in [0.1, 0.15) is 0 Å². The summed E-state index contributed by atoms with van der Waals surface area (Å²) >= 11 is 0. The summed E-state index contributed by atoms with van der Waals surface area (Å²) in [6, 6.07) is 0. The van der Waals surface area contributed by atoms with Gasteiger partial charge in [0.15, 0.2) is 0 Å². The molecule has 1 saturated heterocycles. The lowest BCUT2D eigenvalue weighted by Crippen LogP contribution is -2.45. The molecule has 2 amide bonds. The SMILES string of the molecule is NC(=O)[C@@H]1CCCN(C(=O)[C@H]2C[C@H]2C(=O)O)C1. The number of carboxylic acid groups (broad SMARTS) is 1. The van der Waals surface area contributed by atoms with Gasteiger partial charge in [0.05, 0.1) is 17.8 Å². The maximum absolute atomic E-state index is 12.0. The number of nitrogens with two attached hydrogens (primary N) is 1. The van der Waals surface area contributed by atoms with Gasteiger partial charge < -0.3 is 15.7 Å². The van der Waals surface area contributed by atoms with Gasteiger partial charge in [0.25, 0.3) is 0 Å². The molecular weight excluding hydrogens is 224 g/mol. The number of nitrogens with zero attached hydrogens (tertiary/aromatic N) is 1. The van der Waals surface area contributed by atoms with E-state index in [0.717, 1.165) is 6.42 Å². The molecule has 0 bridgehead atoms. The summed E-state index contributed by atoms with van der Waals surface area (Å²) in [6.45, 7) is 0.947. The molecule has 2 fully saturated rings. The molecule has 0 spiro atoms. The molecule has 3 atom stereocenters. The Labute approximate surface area is 98.8 Å². The smallest absolute Gasteiger partial charge is 0.307 e. The number of carbonyl (C=O) groups excluding carboxylic acids is 2. The van der Waals surface area contributed by atoms with Crippen molar-refractivity contribution in [2.75, 3.05) is 13.1 Å². The van der Waals surface area contributed by atoms with Gasteiger partial charge in [-0.05, 0) is 19.3 Å². The molecule has 0 radical (unpaired) electrons. The Bertz CT molecular complexity index is 368. The average molecular weight is 240 g/mol. The summed E-state index contributed by atoms with van der Waals surface area (Å²) in [4.78, 5) is 35.3. The van der Waals surface area contributed by atoms with E-state index in [2.05, 4.69) is 0 Å². The summed E-state index contributed by atoms with van der Waals surface area (Å²) in [5.74, 6) is -2.63. The van der Waals surface area contributed by atoms with Crippen molar-refractivity contribution in [3.63, 3.8) is 0 Å². The Hall–Kier alpha value is -1.59. The quantitative estimate of drug-likeness (QED) is 0.689. The van der Waals surface area contributed by atoms with E-state index in [1.807, 2.05) is 0 Å². The molecule has 6 nitrogen and oxygen atoms in total. The molecule has 3 N–H and O–H groups in total. The summed E-state index contributed by atoms with van der Waals surface area (Å²) in [5, 5.41) is 8.77. The highest BCUT2D eigenvalue weighted by atomic mass is 16.4. The van der Waals surface area contributed by atoms with Crippen LogP contribution >= 0.6 is 0 Å². The van der Waals surface area contributed by atoms with Gasteiger partial charge in [0.2, 0.25) is 11.8 Å². The zero-order chi connectivity index (χ0) is 12.6. The van der Waals surface area contributed by atoms with Crippen LogP contribution in [0.3, 0.4) is 0 Å². The first-order valence-electron chi connectivity index (χ1n) is 5.81. The topological polar surface area (TPSA) is 101 Å². The molecule has 94 valence electrons. The normalized spacial score (nSPS) is 32.0. The van der Waals surface area contributed by atoms with Crippen LogP contribution in [-0.2, 0) is 14.4 Å². The minimum absolute atomic E-state index is 0.136. The van der Waals surface area contributed by atoms with Crippen molar-refractivity contribution >= 4 is 17.8 Å². The molecule has 1 saturated carbocycles. The standard InChI is InChI=1S/C11H16N2O4/c12-9(14)6-2-1-3-13(5-6)10(15)7-4-8(7)11(16)17/h6-8H,1-5H2,(H2,12,14)(H,16,17)/t6-,7+,8-/m1/s1. The summed E-state index contributed by atoms with van der Waals surface area (Å²) < 4.78 is 0. The number of carbonyl (C=O) groups is 3. The van der Waals surface area contributed by atoms with E-state index in [0.29, 0.717) is 25.9 Å². The third-order valence-corrected chi connectivity index (χ3v) is 3.56. The number of hydrogen-bond acceptors (Lipinski definition) is 3. The fourth-order valence-corrected chi connectivity index (χ4v) is 2.38. The number of aliphatic carboxylic acids is 1. The second-order valence-electron chi connectivity index (χ2n) is 4.81. The lowest BCUT2D eigenvalue weighted by molar-refractivity contribution is -0.143. The molecule has 0 unspecified atom stereocenters. The number of likely N-dealkylation sites (tertiary alicyclic amines) is 1. The van der Waals surface area contributed by atoms with Gasteiger partial charge in [0, 0.05) is 13.1 Å². The fraction of sp³-hybridized carbons (Fsp3) is 0.727. The van der Waals surface area contributed by atoms with Crippen LogP contribution in [0.4, 0.5) is 0 Å². The van der Waals surface area contributed by atoms with Crippen molar-refractivity contribution in [1.82, 2.24) is 4.90 Å². The second-order valence-corrected chi connectivity index (χ2v) is 4.81. The molecule has 2 aliphatic rings. The molecule has 6 heteroatoms. The third-order valence-electron chi connectivity index (χ3n) is 3.56. The van der Waals surface area contributed by atoms with Gasteiger partial charge >= 0.3 is 5.97 Å². The summed E-state index contributed by atoms with van der Waals surface area (Å²) in [6.07, 6.45) is 1.89. The highest BCUT2D eigenvalue weighted by molar-refractivity contribution is 5.90. The number of primary amides is 1.